The summed E-state index contributed by atoms with van der Waals surface area (Å²) in [7, 11) is 1.48. The Balaban J connectivity index is 2.78. The number of nitrogens with zero attached hydrogens (tertiary/aromatic N) is 1. The van der Waals surface area contributed by atoms with E-state index in [0.717, 1.165) is 5.17 Å². The van der Waals surface area contributed by atoms with Crippen LogP contribution in [-0.2, 0) is 0 Å². The van der Waals surface area contributed by atoms with Gasteiger partial charge in [-0.25, -0.2) is 0 Å². The van der Waals surface area contributed by atoms with Crippen molar-refractivity contribution < 1.29 is 5.21 Å². The van der Waals surface area contributed by atoms with Crippen molar-refractivity contribution in [3.8, 4) is 0 Å². The summed E-state index contributed by atoms with van der Waals surface area (Å²) in [5, 5.41) is 9.65. The predicted octanol–water partition coefficient (Wildman–Crippen LogP) is 0.917. The Kier molecular flexibility index (Phi) is 2.30. The third-order valence-electron chi connectivity index (χ3n) is 1.24. The summed E-state index contributed by atoms with van der Waals surface area (Å²) < 4.78 is 0. The maximum absolute atomic E-state index is 8.80. The number of nitrogens with two attached hydrogens (primary N) is 1. The molecule has 0 amide bonds. The van der Waals surface area contributed by atoms with E-state index in [0.29, 0.717) is 11.4 Å². The second-order valence-electron chi connectivity index (χ2n) is 2.22. The Hall–Kier alpha value is -1.26. The fraction of sp³-hybridized carbons (Fsp3) is 0.143. The van der Waals surface area contributed by atoms with Crippen LogP contribution in [0.25, 0.3) is 0 Å². The topological polar surface area (TPSA) is 61.5 Å². The van der Waals surface area contributed by atoms with Gasteiger partial charge in [0.1, 0.15) is 0 Å². The van der Waals surface area contributed by atoms with Crippen LogP contribution in [0.3, 0.4) is 0 Å². The lowest BCUT2D eigenvalue weighted by molar-refractivity contribution is -0.0384. The molecule has 0 unspecified atom stereocenters. The zero-order valence-electron chi connectivity index (χ0n) is 6.28. The van der Waals surface area contributed by atoms with Crippen LogP contribution in [0.1, 0.15) is 0 Å². The van der Waals surface area contributed by atoms with Crippen molar-refractivity contribution in [2.24, 2.45) is 0 Å². The van der Waals surface area contributed by atoms with Gasteiger partial charge in [0.2, 0.25) is 0 Å². The first-order chi connectivity index (χ1) is 5.20. The molecule has 0 spiro atoms. The van der Waals surface area contributed by atoms with E-state index in [2.05, 4.69) is 5.43 Å². The molecule has 0 aliphatic carbocycles. The number of nitrogen functional groups attached to an aromatic ring is 1. The van der Waals surface area contributed by atoms with Crippen molar-refractivity contribution in [1.29, 1.82) is 0 Å². The molecule has 1 rings (SSSR count). The van der Waals surface area contributed by atoms with Crippen LogP contribution in [0.5, 0.6) is 0 Å². The molecule has 0 aromatic heterocycles. The van der Waals surface area contributed by atoms with Crippen LogP contribution in [0.2, 0.25) is 0 Å². The van der Waals surface area contributed by atoms with E-state index in [1.165, 1.54) is 7.05 Å². The average Bonchev–Trinajstić information content (AvgIpc) is 1.93. The first-order valence-electron chi connectivity index (χ1n) is 3.24. The largest absolute Gasteiger partial charge is 0.397 e. The molecular weight excluding hydrogens is 142 g/mol. The molecule has 0 aliphatic rings. The first kappa shape index (κ1) is 7.84. The van der Waals surface area contributed by atoms with Gasteiger partial charge in [0.05, 0.1) is 11.4 Å². The van der Waals surface area contributed by atoms with Gasteiger partial charge in [0.15, 0.2) is 0 Å². The average molecular weight is 153 g/mol. The molecule has 0 saturated heterocycles. The van der Waals surface area contributed by atoms with Gasteiger partial charge in [-0.05, 0) is 12.1 Å². The Bertz CT molecular complexity index is 237. The quantitative estimate of drug-likeness (QED) is 0.436. The van der Waals surface area contributed by atoms with Gasteiger partial charge < -0.3 is 5.73 Å². The summed E-state index contributed by atoms with van der Waals surface area (Å²) in [6.45, 7) is 0. The fourth-order valence-electron chi connectivity index (χ4n) is 0.773. The molecule has 0 aliphatic heterocycles. The molecule has 0 radical (unpaired) electrons. The number of hydrogen-bond acceptors (Lipinski definition) is 4. The monoisotopic (exact) mass is 153 g/mol. The minimum Gasteiger partial charge on any atom is -0.397 e. The molecule has 0 heterocycles. The van der Waals surface area contributed by atoms with Crippen LogP contribution in [-0.4, -0.2) is 17.4 Å². The van der Waals surface area contributed by atoms with Gasteiger partial charge in [0, 0.05) is 7.05 Å². The smallest absolute Gasteiger partial charge is 0.0741 e. The van der Waals surface area contributed by atoms with Gasteiger partial charge in [-0.15, -0.1) is 5.17 Å². The van der Waals surface area contributed by atoms with E-state index in [1.54, 1.807) is 12.1 Å². The molecular formula is C7H11N3O. The van der Waals surface area contributed by atoms with E-state index in [1.807, 2.05) is 12.1 Å². The SMILES string of the molecule is CN(O)Nc1ccccc1N. The normalized spacial score (nSPS) is 10.1. The van der Waals surface area contributed by atoms with Gasteiger partial charge in [-0.3, -0.25) is 10.6 Å². The molecule has 0 fully saturated rings. The van der Waals surface area contributed by atoms with Crippen LogP contribution in [0.15, 0.2) is 24.3 Å². The van der Waals surface area contributed by atoms with E-state index in [9.17, 15) is 0 Å². The molecule has 0 saturated carbocycles. The Morgan fingerprint density at radius 3 is 2.64 bits per heavy atom. The first-order valence-corrected chi connectivity index (χ1v) is 3.24. The lowest BCUT2D eigenvalue weighted by atomic mass is 10.3. The number of hydrazine groups is 1. The van der Waals surface area contributed by atoms with Gasteiger partial charge in [-0.2, -0.15) is 0 Å². The van der Waals surface area contributed by atoms with Crippen LogP contribution in [0.4, 0.5) is 11.4 Å². The van der Waals surface area contributed by atoms with E-state index >= 15 is 0 Å². The minimum absolute atomic E-state index is 0.605. The van der Waals surface area contributed by atoms with Crippen LogP contribution < -0.4 is 11.2 Å². The number of anilines is 2. The second-order valence-corrected chi connectivity index (χ2v) is 2.22. The fourth-order valence-corrected chi connectivity index (χ4v) is 0.773. The lowest BCUT2D eigenvalue weighted by Crippen LogP contribution is -2.21. The second kappa shape index (κ2) is 3.23. The summed E-state index contributed by atoms with van der Waals surface area (Å²) in [5.74, 6) is 0. The van der Waals surface area contributed by atoms with E-state index in [-0.39, 0.29) is 0 Å². The molecule has 0 bridgehead atoms. The summed E-state index contributed by atoms with van der Waals surface area (Å²) in [6.07, 6.45) is 0. The van der Waals surface area contributed by atoms with E-state index < -0.39 is 0 Å². The molecule has 4 heteroatoms. The van der Waals surface area contributed by atoms with Gasteiger partial charge >= 0.3 is 0 Å². The minimum atomic E-state index is 0.605. The molecule has 4 N–H and O–H groups in total. The summed E-state index contributed by atoms with van der Waals surface area (Å²) in [5.41, 5.74) is 9.50. The van der Waals surface area contributed by atoms with Crippen LogP contribution >= 0.6 is 0 Å². The standard InChI is InChI=1S/C7H11N3O/c1-10(11)9-7-5-3-2-4-6(7)8/h2-5,9,11H,8H2,1H3. The maximum atomic E-state index is 8.80. The predicted molar refractivity (Wildman–Crippen MR) is 44.0 cm³/mol. The molecule has 1 aromatic rings. The Morgan fingerprint density at radius 2 is 2.09 bits per heavy atom. The Morgan fingerprint density at radius 1 is 1.45 bits per heavy atom. The van der Waals surface area contributed by atoms with Crippen LogP contribution in [0, 0.1) is 0 Å². The molecule has 60 valence electrons. The zero-order valence-corrected chi connectivity index (χ0v) is 6.28. The van der Waals surface area contributed by atoms with Crippen molar-refractivity contribution in [2.75, 3.05) is 18.2 Å². The van der Waals surface area contributed by atoms with Gasteiger partial charge in [-0.1, -0.05) is 12.1 Å². The number of nitrogens with one attached hydrogen (secondary N) is 1. The summed E-state index contributed by atoms with van der Waals surface area (Å²) in [6, 6.07) is 7.20. The van der Waals surface area contributed by atoms with Crippen molar-refractivity contribution >= 4 is 11.4 Å². The zero-order chi connectivity index (χ0) is 8.27. The van der Waals surface area contributed by atoms with Crippen molar-refractivity contribution in [3.05, 3.63) is 24.3 Å². The molecule has 0 atom stereocenters. The van der Waals surface area contributed by atoms with Crippen molar-refractivity contribution in [1.82, 2.24) is 5.17 Å². The highest BCUT2D eigenvalue weighted by molar-refractivity contribution is 5.64. The molecule has 4 nitrogen and oxygen atoms in total. The maximum Gasteiger partial charge on any atom is 0.0741 e. The lowest BCUT2D eigenvalue weighted by Gasteiger charge is -2.12. The highest BCUT2D eigenvalue weighted by Gasteiger charge is 1.96. The van der Waals surface area contributed by atoms with Crippen molar-refractivity contribution in [2.45, 2.75) is 0 Å². The van der Waals surface area contributed by atoms with Crippen molar-refractivity contribution in [3.63, 3.8) is 0 Å². The summed E-state index contributed by atoms with van der Waals surface area (Å²) in [4.78, 5) is 0. The molecule has 1 aromatic carbocycles. The number of hydrogen-bond donors (Lipinski definition) is 3. The van der Waals surface area contributed by atoms with E-state index in [4.69, 9.17) is 10.9 Å². The summed E-state index contributed by atoms with van der Waals surface area (Å²) >= 11 is 0. The number of benzene rings is 1. The highest BCUT2D eigenvalue weighted by atomic mass is 16.5. The molecule has 11 heavy (non-hydrogen) atoms. The Labute approximate surface area is 65.2 Å². The number of hydroxylamine groups is 1. The number of rotatable bonds is 2. The third kappa shape index (κ3) is 2.10. The number of para-hydroxylation sites is 2. The van der Waals surface area contributed by atoms with Gasteiger partial charge in [0.25, 0.3) is 0 Å². The highest BCUT2D eigenvalue weighted by Crippen LogP contribution is 2.16. The third-order valence-corrected chi connectivity index (χ3v) is 1.24.